The zero-order chi connectivity index (χ0) is 19.6. The zero-order valence-corrected chi connectivity index (χ0v) is 16.6. The van der Waals surface area contributed by atoms with Gasteiger partial charge in [0.15, 0.2) is 5.82 Å². The van der Waals surface area contributed by atoms with Gasteiger partial charge in [0.2, 0.25) is 0 Å². The van der Waals surface area contributed by atoms with Crippen molar-refractivity contribution < 1.29 is 4.39 Å². The smallest absolute Gasteiger partial charge is 0.160 e. The Bertz CT molecular complexity index is 1130. The normalized spacial score (nSPS) is 14.0. The van der Waals surface area contributed by atoms with Crippen molar-refractivity contribution in [2.75, 3.05) is 6.54 Å². The number of fused-ring (bicyclic) bond motifs is 1. The van der Waals surface area contributed by atoms with Crippen molar-refractivity contribution in [2.24, 2.45) is 0 Å². The Labute approximate surface area is 172 Å². The molecule has 0 bridgehead atoms. The van der Waals surface area contributed by atoms with E-state index in [9.17, 15) is 4.39 Å². The summed E-state index contributed by atoms with van der Waals surface area (Å²) in [6.45, 7) is 2.72. The van der Waals surface area contributed by atoms with Crippen molar-refractivity contribution in [1.29, 1.82) is 0 Å². The van der Waals surface area contributed by atoms with Gasteiger partial charge in [-0.05, 0) is 42.0 Å². The molecule has 0 unspecified atom stereocenters. The number of aromatic nitrogens is 3. The van der Waals surface area contributed by atoms with Gasteiger partial charge in [-0.2, -0.15) is 0 Å². The minimum atomic E-state index is -0.202. The van der Waals surface area contributed by atoms with Crippen LogP contribution >= 0.6 is 11.3 Å². The third kappa shape index (κ3) is 3.95. The van der Waals surface area contributed by atoms with Crippen molar-refractivity contribution >= 4 is 11.3 Å². The first kappa shape index (κ1) is 18.1. The first-order valence-corrected chi connectivity index (χ1v) is 10.4. The van der Waals surface area contributed by atoms with Gasteiger partial charge < -0.3 is 0 Å². The summed E-state index contributed by atoms with van der Waals surface area (Å²) >= 11 is 1.76. The summed E-state index contributed by atoms with van der Waals surface area (Å²) in [5.41, 5.74) is 4.33. The van der Waals surface area contributed by atoms with Gasteiger partial charge in [-0.3, -0.25) is 9.88 Å². The van der Waals surface area contributed by atoms with Crippen LogP contribution in [0.25, 0.3) is 21.8 Å². The second-order valence-electron chi connectivity index (χ2n) is 7.14. The molecule has 0 spiro atoms. The maximum Gasteiger partial charge on any atom is 0.160 e. The van der Waals surface area contributed by atoms with Gasteiger partial charge in [0.25, 0.3) is 0 Å². The van der Waals surface area contributed by atoms with Crippen molar-refractivity contribution in [3.63, 3.8) is 0 Å². The number of halogens is 1. The molecule has 3 aromatic heterocycles. The van der Waals surface area contributed by atoms with Gasteiger partial charge in [-0.15, -0.1) is 11.3 Å². The number of rotatable bonds is 4. The van der Waals surface area contributed by atoms with Crippen molar-refractivity contribution in [1.82, 2.24) is 19.9 Å². The molecule has 1 aromatic carbocycles. The molecular weight excluding hydrogens is 383 g/mol. The quantitative estimate of drug-likeness (QED) is 0.484. The molecule has 1 aliphatic rings. The van der Waals surface area contributed by atoms with Crippen molar-refractivity contribution in [3.8, 4) is 21.8 Å². The van der Waals surface area contributed by atoms with Gasteiger partial charge in [-0.1, -0.05) is 12.1 Å². The van der Waals surface area contributed by atoms with Gasteiger partial charge in [0.1, 0.15) is 5.82 Å². The molecule has 6 heteroatoms. The number of pyridine rings is 1. The zero-order valence-electron chi connectivity index (χ0n) is 15.8. The fraction of sp³-hybridized carbons (Fsp3) is 0.174. The molecule has 0 aliphatic carbocycles. The summed E-state index contributed by atoms with van der Waals surface area (Å²) in [6, 6.07) is 14.9. The monoisotopic (exact) mass is 402 g/mol. The molecular formula is C23H19FN4S. The molecule has 0 N–H and O–H groups in total. The predicted molar refractivity (Wildman–Crippen MR) is 113 cm³/mol. The van der Waals surface area contributed by atoms with Crippen LogP contribution in [0, 0.1) is 5.82 Å². The lowest BCUT2D eigenvalue weighted by Crippen LogP contribution is -2.30. The Hall–Kier alpha value is -2.96. The van der Waals surface area contributed by atoms with Crippen LogP contribution in [0.1, 0.15) is 16.1 Å². The SMILES string of the molecule is Fc1ccc(-c2ccc(CN3CCc4nc(-c5cccnc5)ncc4C3)s2)cc1. The van der Waals surface area contributed by atoms with Crippen LogP contribution in [0.3, 0.4) is 0 Å². The van der Waals surface area contributed by atoms with Crippen LogP contribution in [-0.4, -0.2) is 26.4 Å². The minimum absolute atomic E-state index is 0.202. The van der Waals surface area contributed by atoms with E-state index in [0.717, 1.165) is 48.7 Å². The van der Waals surface area contributed by atoms with Crippen molar-refractivity contribution in [2.45, 2.75) is 19.5 Å². The fourth-order valence-electron chi connectivity index (χ4n) is 3.60. The van der Waals surface area contributed by atoms with Gasteiger partial charge in [0, 0.05) is 65.5 Å². The van der Waals surface area contributed by atoms with Gasteiger partial charge in [0.05, 0.1) is 5.69 Å². The largest absolute Gasteiger partial charge is 0.293 e. The molecule has 0 fully saturated rings. The molecule has 29 heavy (non-hydrogen) atoms. The second-order valence-corrected chi connectivity index (χ2v) is 8.31. The summed E-state index contributed by atoms with van der Waals surface area (Å²) in [5.74, 6) is 0.541. The molecule has 0 saturated heterocycles. The second kappa shape index (κ2) is 7.81. The lowest BCUT2D eigenvalue weighted by atomic mass is 10.1. The average Bonchev–Trinajstić information content (AvgIpc) is 3.23. The Balaban J connectivity index is 1.29. The standard InChI is InChI=1S/C23H19FN4S/c24-19-5-3-16(4-6-19)22-8-7-20(29-22)15-28-11-9-21-18(14-28)13-26-23(27-21)17-2-1-10-25-12-17/h1-8,10,12-13H,9,11,14-15H2. The third-order valence-corrected chi connectivity index (χ3v) is 6.22. The van der Waals surface area contributed by atoms with E-state index in [0.29, 0.717) is 0 Å². The molecule has 1 aliphatic heterocycles. The minimum Gasteiger partial charge on any atom is -0.293 e. The maximum absolute atomic E-state index is 13.1. The van der Waals surface area contributed by atoms with Gasteiger partial charge in [-0.25, -0.2) is 14.4 Å². The summed E-state index contributed by atoms with van der Waals surface area (Å²) in [4.78, 5) is 18.4. The summed E-state index contributed by atoms with van der Waals surface area (Å²) in [5, 5.41) is 0. The topological polar surface area (TPSA) is 41.9 Å². The van der Waals surface area contributed by atoms with E-state index in [1.165, 1.54) is 27.5 Å². The molecule has 4 aromatic rings. The highest BCUT2D eigenvalue weighted by molar-refractivity contribution is 7.15. The summed E-state index contributed by atoms with van der Waals surface area (Å²) in [7, 11) is 0. The van der Waals surface area contributed by atoms with E-state index in [1.54, 1.807) is 23.7 Å². The van der Waals surface area contributed by atoms with Gasteiger partial charge >= 0.3 is 0 Å². The summed E-state index contributed by atoms with van der Waals surface area (Å²) in [6.07, 6.45) is 6.43. The molecule has 4 nitrogen and oxygen atoms in total. The highest BCUT2D eigenvalue weighted by Crippen LogP contribution is 2.30. The number of hydrogen-bond donors (Lipinski definition) is 0. The number of hydrogen-bond acceptors (Lipinski definition) is 5. The predicted octanol–water partition coefficient (Wildman–Crippen LogP) is 4.96. The Morgan fingerprint density at radius 1 is 1.00 bits per heavy atom. The van der Waals surface area contributed by atoms with E-state index < -0.39 is 0 Å². The highest BCUT2D eigenvalue weighted by Gasteiger charge is 2.19. The Morgan fingerprint density at radius 3 is 2.72 bits per heavy atom. The Morgan fingerprint density at radius 2 is 1.90 bits per heavy atom. The first-order valence-electron chi connectivity index (χ1n) is 9.57. The third-order valence-electron chi connectivity index (χ3n) is 5.10. The van der Waals surface area contributed by atoms with Crippen LogP contribution in [0.5, 0.6) is 0 Å². The fourth-order valence-corrected chi connectivity index (χ4v) is 4.65. The average molecular weight is 402 g/mol. The molecule has 0 amide bonds. The lowest BCUT2D eigenvalue weighted by Gasteiger charge is -2.27. The van der Waals surface area contributed by atoms with Crippen molar-refractivity contribution in [3.05, 3.63) is 89.1 Å². The van der Waals surface area contributed by atoms with E-state index in [1.807, 2.05) is 30.5 Å². The highest BCUT2D eigenvalue weighted by atomic mass is 32.1. The number of thiophene rings is 1. The van der Waals surface area contributed by atoms with Crippen LogP contribution in [0.4, 0.5) is 4.39 Å². The van der Waals surface area contributed by atoms with Crippen LogP contribution in [-0.2, 0) is 19.5 Å². The Kier molecular flexibility index (Phi) is 4.87. The van der Waals surface area contributed by atoms with E-state index in [-0.39, 0.29) is 5.82 Å². The van der Waals surface area contributed by atoms with Crippen LogP contribution < -0.4 is 0 Å². The molecule has 0 saturated carbocycles. The van der Waals surface area contributed by atoms with Crippen LogP contribution in [0.2, 0.25) is 0 Å². The maximum atomic E-state index is 13.1. The number of benzene rings is 1. The molecule has 144 valence electrons. The van der Waals surface area contributed by atoms with E-state index in [2.05, 4.69) is 27.0 Å². The van der Waals surface area contributed by atoms with E-state index >= 15 is 0 Å². The lowest BCUT2D eigenvalue weighted by molar-refractivity contribution is 0.245. The summed E-state index contributed by atoms with van der Waals surface area (Å²) < 4.78 is 13.1. The van der Waals surface area contributed by atoms with Crippen LogP contribution in [0.15, 0.2) is 67.1 Å². The molecule has 0 atom stereocenters. The first-order chi connectivity index (χ1) is 14.2. The number of nitrogens with zero attached hydrogens (tertiary/aromatic N) is 4. The molecule has 5 rings (SSSR count). The molecule has 0 radical (unpaired) electrons. The molecule has 4 heterocycles. The van der Waals surface area contributed by atoms with E-state index in [4.69, 9.17) is 4.98 Å².